The number of esters is 1. The van der Waals surface area contributed by atoms with Crippen LogP contribution in [0.15, 0.2) is 37.1 Å². The number of ketones is 1. The number of likely N-dealkylation sites (N-methyl/N-ethyl adjacent to an activating group) is 1. The standard InChI is InChI=1S/C51H79N5O13/c1-28-23-50(9,63-14)44(68-47-41(61-12)37(54(10)11)22-29(2)64-47)31(4)40(66-38-24-49(8,62-13)43(58)34(7)65-38)32(5)46(59)67-45-33(6)51(45)42(30(3)39(28)57)56(48(60)69-51)21-16-15-20-55-26-36(53-27-55)35-18-17-19-52-25-35/h17-19,25-34,37-38,40-45,47,58H,15-16,20-24H2,1-14H3/t28-,29-,30+,31+,32-,33?,34+,37+,38+,40+,41-,42-,43+,44-,45-,47+,49-,50+,51+/m1/s1. The van der Waals surface area contributed by atoms with Crippen LogP contribution in [-0.4, -0.2) is 173 Å². The molecule has 0 aromatic carbocycles. The molecule has 5 fully saturated rings. The van der Waals surface area contributed by atoms with Crippen molar-refractivity contribution in [3.05, 3.63) is 37.1 Å². The summed E-state index contributed by atoms with van der Waals surface area (Å²) in [5, 5.41) is 11.1. The van der Waals surface area contributed by atoms with Crippen LogP contribution in [0.3, 0.4) is 0 Å². The van der Waals surface area contributed by atoms with Crippen molar-refractivity contribution in [2.24, 2.45) is 29.6 Å². The molecule has 18 nitrogen and oxygen atoms in total. The van der Waals surface area contributed by atoms with E-state index < -0.39 is 114 Å². The molecule has 1 unspecified atom stereocenters. The SMILES string of the molecule is CO[C@H]1[C@H](O[C@@H]2[C@@H](C)[C@H](O[C@H]3C[C@@](C)(OC)[C@@H](O)[C@H](C)O3)[C@@H](C)C(=O)O[C@@H]3C(C)[C@@]34OC(=O)N(CCCCn3cnc(-c5cccnc5)c3)[C@@H]4[C@@H](C)C(=O)[C@H](C)C[C@]2(C)OC)O[C@H](C)C[C@@H]1N(C)C. The van der Waals surface area contributed by atoms with Gasteiger partial charge in [0.2, 0.25) is 0 Å². The van der Waals surface area contributed by atoms with E-state index in [1.54, 1.807) is 58.6 Å². The van der Waals surface area contributed by atoms with E-state index >= 15 is 4.79 Å². The molecule has 1 spiro atoms. The van der Waals surface area contributed by atoms with Crippen LogP contribution in [-0.2, 0) is 58.8 Å². The van der Waals surface area contributed by atoms with Crippen molar-refractivity contribution in [2.45, 2.75) is 185 Å². The lowest BCUT2D eigenvalue weighted by atomic mass is 9.75. The molecule has 4 aliphatic heterocycles. The molecule has 19 atom stereocenters. The monoisotopic (exact) mass is 970 g/mol. The summed E-state index contributed by atoms with van der Waals surface area (Å²) in [6.45, 7) is 17.8. The smallest absolute Gasteiger partial charge is 0.410 e. The van der Waals surface area contributed by atoms with Crippen molar-refractivity contribution in [3.63, 3.8) is 0 Å². The Morgan fingerprint density at radius 3 is 2.26 bits per heavy atom. The zero-order chi connectivity index (χ0) is 50.3. The number of Topliss-reactive ketones (excluding diaryl/α,β-unsaturated/α-hetero) is 1. The molecule has 7 rings (SSSR count). The first-order valence-electron chi connectivity index (χ1n) is 24.9. The zero-order valence-electron chi connectivity index (χ0n) is 43.2. The van der Waals surface area contributed by atoms with E-state index in [0.29, 0.717) is 25.9 Å². The Hall–Kier alpha value is -3.59. The van der Waals surface area contributed by atoms with E-state index in [1.165, 1.54) is 7.11 Å². The van der Waals surface area contributed by atoms with E-state index in [1.807, 2.05) is 78.5 Å². The first-order chi connectivity index (χ1) is 32.6. The molecule has 2 aromatic rings. The minimum atomic E-state index is -1.25. The lowest BCUT2D eigenvalue weighted by molar-refractivity contribution is -0.320. The second-order valence-electron chi connectivity index (χ2n) is 21.3. The van der Waals surface area contributed by atoms with E-state index in [-0.39, 0.29) is 30.8 Å². The molecular formula is C51H79N5O13. The van der Waals surface area contributed by atoms with Gasteiger partial charge in [-0.15, -0.1) is 0 Å². The van der Waals surface area contributed by atoms with Gasteiger partial charge in [-0.25, -0.2) is 9.78 Å². The molecule has 0 bridgehead atoms. The van der Waals surface area contributed by atoms with Crippen molar-refractivity contribution < 1.29 is 62.1 Å². The number of imidazole rings is 1. The Bertz CT molecular complexity index is 2080. The second kappa shape index (κ2) is 21.2. The average molecular weight is 970 g/mol. The number of rotatable bonds is 14. The fourth-order valence-corrected chi connectivity index (χ4v) is 12.0. The summed E-state index contributed by atoms with van der Waals surface area (Å²) in [5.74, 6) is -3.99. The van der Waals surface area contributed by atoms with Gasteiger partial charge in [0.15, 0.2) is 24.3 Å². The molecule has 1 N–H and O–H groups in total. The number of carbonyl (C=O) groups excluding carboxylic acids is 3. The van der Waals surface area contributed by atoms with Gasteiger partial charge in [-0.2, -0.15) is 0 Å². The second-order valence-corrected chi connectivity index (χ2v) is 21.3. The van der Waals surface area contributed by atoms with E-state index in [4.69, 9.17) is 42.6 Å². The van der Waals surface area contributed by atoms with Gasteiger partial charge in [0.1, 0.15) is 18.0 Å². The number of aryl methyl sites for hydroxylation is 1. The fourth-order valence-electron chi connectivity index (χ4n) is 12.0. The molecule has 1 amide bonds. The number of methoxy groups -OCH3 is 3. The maximum atomic E-state index is 15.1. The van der Waals surface area contributed by atoms with Gasteiger partial charge in [-0.3, -0.25) is 14.6 Å². The first-order valence-corrected chi connectivity index (χ1v) is 24.9. The number of pyridine rings is 1. The van der Waals surface area contributed by atoms with Crippen molar-refractivity contribution in [1.29, 1.82) is 0 Å². The van der Waals surface area contributed by atoms with Crippen LogP contribution in [0.2, 0.25) is 0 Å². The summed E-state index contributed by atoms with van der Waals surface area (Å²) in [4.78, 5) is 56.7. The van der Waals surface area contributed by atoms with Crippen LogP contribution in [0.4, 0.5) is 4.79 Å². The average Bonchev–Trinajstić information content (AvgIpc) is 3.59. The molecule has 5 aliphatic rings. The molecule has 4 saturated heterocycles. The molecule has 1 aliphatic carbocycles. The van der Waals surface area contributed by atoms with Crippen molar-refractivity contribution in [2.75, 3.05) is 42.0 Å². The van der Waals surface area contributed by atoms with Gasteiger partial charge in [-0.05, 0) is 86.5 Å². The highest BCUT2D eigenvalue weighted by Crippen LogP contribution is 2.59. The molecule has 2 aromatic heterocycles. The lowest BCUT2D eigenvalue weighted by Crippen LogP contribution is -2.61. The summed E-state index contributed by atoms with van der Waals surface area (Å²) >= 11 is 0. The quantitative estimate of drug-likeness (QED) is 0.184. The highest BCUT2D eigenvalue weighted by molar-refractivity contribution is 5.86. The Balaban J connectivity index is 1.22. The molecule has 69 heavy (non-hydrogen) atoms. The third-order valence-electron chi connectivity index (χ3n) is 16.3. The third-order valence-corrected chi connectivity index (χ3v) is 16.3. The Morgan fingerprint density at radius 1 is 0.899 bits per heavy atom. The predicted molar refractivity (Wildman–Crippen MR) is 252 cm³/mol. The highest BCUT2D eigenvalue weighted by Gasteiger charge is 2.79. The lowest BCUT2D eigenvalue weighted by Gasteiger charge is -2.50. The van der Waals surface area contributed by atoms with Crippen LogP contribution < -0.4 is 0 Å². The third kappa shape index (κ3) is 10.4. The van der Waals surface area contributed by atoms with Gasteiger partial charge < -0.3 is 62.1 Å². The van der Waals surface area contributed by atoms with Gasteiger partial charge in [0, 0.05) is 94.7 Å². The van der Waals surface area contributed by atoms with Crippen molar-refractivity contribution >= 4 is 17.8 Å². The molecule has 0 radical (unpaired) electrons. The number of ether oxygens (including phenoxy) is 9. The minimum absolute atomic E-state index is 0.0554. The van der Waals surface area contributed by atoms with E-state index in [2.05, 4.69) is 14.9 Å². The normalized spacial score (nSPS) is 42.1. The van der Waals surface area contributed by atoms with Gasteiger partial charge in [-0.1, -0.05) is 27.7 Å². The van der Waals surface area contributed by atoms with Crippen LogP contribution >= 0.6 is 0 Å². The molecule has 1 saturated carbocycles. The Morgan fingerprint density at radius 2 is 1.61 bits per heavy atom. The summed E-state index contributed by atoms with van der Waals surface area (Å²) in [7, 11) is 8.76. The van der Waals surface area contributed by atoms with Crippen molar-refractivity contribution in [3.8, 4) is 11.3 Å². The van der Waals surface area contributed by atoms with Gasteiger partial charge in [0.05, 0.1) is 59.6 Å². The molecule has 6 heterocycles. The summed E-state index contributed by atoms with van der Waals surface area (Å²) < 4.78 is 60.4. The predicted octanol–water partition coefficient (Wildman–Crippen LogP) is 5.52. The summed E-state index contributed by atoms with van der Waals surface area (Å²) in [6, 6.07) is 3.06. The Kier molecular flexibility index (Phi) is 16.4. The number of aliphatic hydroxyl groups excluding tert-OH is 1. The van der Waals surface area contributed by atoms with Gasteiger partial charge in [0.25, 0.3) is 0 Å². The fraction of sp³-hybridized carbons (Fsp3) is 0.784. The first kappa shape index (κ1) is 53.2. The van der Waals surface area contributed by atoms with E-state index in [0.717, 1.165) is 17.7 Å². The van der Waals surface area contributed by atoms with Crippen LogP contribution in [0.1, 0.15) is 94.4 Å². The molecule has 386 valence electrons. The number of aromatic nitrogens is 3. The molecule has 18 heteroatoms. The zero-order valence-corrected chi connectivity index (χ0v) is 43.2. The Labute approximate surface area is 408 Å². The van der Waals surface area contributed by atoms with Crippen LogP contribution in [0.5, 0.6) is 0 Å². The largest absolute Gasteiger partial charge is 0.457 e. The number of unbranched alkanes of at least 4 members (excludes halogenated alkanes) is 1. The number of hydrogen-bond donors (Lipinski definition) is 1. The van der Waals surface area contributed by atoms with E-state index in [9.17, 15) is 14.7 Å². The van der Waals surface area contributed by atoms with Crippen LogP contribution in [0, 0.1) is 29.6 Å². The molecular weight excluding hydrogens is 891 g/mol. The highest BCUT2D eigenvalue weighted by atomic mass is 16.7. The minimum Gasteiger partial charge on any atom is -0.457 e. The van der Waals surface area contributed by atoms with Crippen LogP contribution in [0.25, 0.3) is 11.3 Å². The maximum Gasteiger partial charge on any atom is 0.410 e. The number of aliphatic hydroxyl groups is 1. The number of hydrogen-bond acceptors (Lipinski definition) is 16. The van der Waals surface area contributed by atoms with Crippen molar-refractivity contribution in [1.82, 2.24) is 24.3 Å². The topological polar surface area (TPSA) is 192 Å². The number of nitrogens with zero attached hydrogens (tertiary/aromatic N) is 5. The van der Waals surface area contributed by atoms with Gasteiger partial charge >= 0.3 is 12.1 Å². The maximum absolute atomic E-state index is 15.1. The summed E-state index contributed by atoms with van der Waals surface area (Å²) in [6.07, 6.45) is 2.35. The number of carbonyl (C=O) groups is 3. The number of amides is 1. The summed E-state index contributed by atoms with van der Waals surface area (Å²) in [5.41, 5.74) is -1.73.